The maximum atomic E-state index is 9.76. The van der Waals surface area contributed by atoms with Crippen molar-refractivity contribution in [2.45, 2.75) is 37.7 Å². The molecule has 0 saturated heterocycles. The predicted molar refractivity (Wildman–Crippen MR) is 53.7 cm³/mol. The van der Waals surface area contributed by atoms with Gasteiger partial charge in [-0.2, -0.15) is 0 Å². The van der Waals surface area contributed by atoms with Gasteiger partial charge in [-0.05, 0) is 30.7 Å². The van der Waals surface area contributed by atoms with Gasteiger partial charge in [-0.25, -0.2) is 0 Å². The lowest BCUT2D eigenvalue weighted by Crippen LogP contribution is -2.10. The second-order valence-electron chi connectivity index (χ2n) is 4.24. The van der Waals surface area contributed by atoms with Crippen LogP contribution in [0.4, 0.5) is 0 Å². The largest absolute Gasteiger partial charge is 0.390 e. The van der Waals surface area contributed by atoms with Crippen LogP contribution < -0.4 is 0 Å². The fourth-order valence-electron chi connectivity index (χ4n) is 1.82. The summed E-state index contributed by atoms with van der Waals surface area (Å²) in [6, 6.07) is 10.4. The Bertz CT molecular complexity index is 274. The number of rotatable bonds is 3. The second kappa shape index (κ2) is 3.15. The van der Waals surface area contributed by atoms with Gasteiger partial charge < -0.3 is 5.11 Å². The minimum atomic E-state index is -0.324. The van der Waals surface area contributed by atoms with Gasteiger partial charge in [0, 0.05) is 0 Å². The Labute approximate surface area is 79.4 Å². The summed E-state index contributed by atoms with van der Waals surface area (Å²) in [6.07, 6.45) is 2.89. The van der Waals surface area contributed by atoms with Crippen LogP contribution in [0.3, 0.4) is 0 Å². The van der Waals surface area contributed by atoms with Crippen LogP contribution in [0.5, 0.6) is 0 Å². The molecule has 1 aromatic carbocycles. The Hall–Kier alpha value is -0.820. The van der Waals surface area contributed by atoms with E-state index < -0.39 is 0 Å². The lowest BCUT2D eigenvalue weighted by molar-refractivity contribution is 0.132. The van der Waals surface area contributed by atoms with Gasteiger partial charge in [-0.15, -0.1) is 0 Å². The SMILES string of the molecule is CC(CC1(O)CC1)c1ccccc1. The minimum absolute atomic E-state index is 0.324. The Morgan fingerprint density at radius 2 is 1.92 bits per heavy atom. The molecule has 1 nitrogen and oxygen atoms in total. The Kier molecular flexibility index (Phi) is 2.12. The van der Waals surface area contributed by atoms with Crippen molar-refractivity contribution < 1.29 is 5.11 Å². The van der Waals surface area contributed by atoms with Crippen molar-refractivity contribution in [1.29, 1.82) is 0 Å². The highest BCUT2D eigenvalue weighted by Crippen LogP contribution is 2.42. The van der Waals surface area contributed by atoms with Crippen molar-refractivity contribution in [1.82, 2.24) is 0 Å². The molecule has 1 aliphatic rings. The van der Waals surface area contributed by atoms with Crippen LogP contribution in [0, 0.1) is 0 Å². The van der Waals surface area contributed by atoms with Crippen LogP contribution >= 0.6 is 0 Å². The van der Waals surface area contributed by atoms with Gasteiger partial charge in [0.1, 0.15) is 0 Å². The van der Waals surface area contributed by atoms with Crippen LogP contribution in [-0.2, 0) is 0 Å². The number of hydrogen-bond acceptors (Lipinski definition) is 1. The van der Waals surface area contributed by atoms with E-state index in [1.807, 2.05) is 6.07 Å². The number of benzene rings is 1. The lowest BCUT2D eigenvalue weighted by Gasteiger charge is -2.15. The molecule has 70 valence electrons. The molecule has 1 N–H and O–H groups in total. The smallest absolute Gasteiger partial charge is 0.0655 e. The lowest BCUT2D eigenvalue weighted by atomic mass is 9.94. The average molecular weight is 176 g/mol. The summed E-state index contributed by atoms with van der Waals surface area (Å²) >= 11 is 0. The molecule has 13 heavy (non-hydrogen) atoms. The van der Waals surface area contributed by atoms with Crippen molar-refractivity contribution in [3.8, 4) is 0 Å². The fraction of sp³-hybridized carbons (Fsp3) is 0.500. The molecule has 0 aliphatic heterocycles. The zero-order valence-corrected chi connectivity index (χ0v) is 8.03. The Morgan fingerprint density at radius 1 is 1.31 bits per heavy atom. The number of aliphatic hydroxyl groups is 1. The van der Waals surface area contributed by atoms with Crippen LogP contribution in [0.15, 0.2) is 30.3 Å². The summed E-state index contributed by atoms with van der Waals surface area (Å²) in [5.74, 6) is 0.480. The van der Waals surface area contributed by atoms with Crippen LogP contribution in [0.25, 0.3) is 0 Å². The van der Waals surface area contributed by atoms with Crippen molar-refractivity contribution in [3.05, 3.63) is 35.9 Å². The molecule has 1 heteroatoms. The minimum Gasteiger partial charge on any atom is -0.390 e. The second-order valence-corrected chi connectivity index (χ2v) is 4.24. The quantitative estimate of drug-likeness (QED) is 0.750. The third-order valence-corrected chi connectivity index (χ3v) is 2.88. The fourth-order valence-corrected chi connectivity index (χ4v) is 1.82. The van der Waals surface area contributed by atoms with Gasteiger partial charge in [0.2, 0.25) is 0 Å². The molecule has 1 aliphatic carbocycles. The maximum absolute atomic E-state index is 9.76. The average Bonchev–Trinajstić information content (AvgIpc) is 2.85. The molecule has 0 amide bonds. The highest BCUT2D eigenvalue weighted by Gasteiger charge is 2.41. The van der Waals surface area contributed by atoms with E-state index in [1.165, 1.54) is 5.56 Å². The zero-order chi connectivity index (χ0) is 9.31. The Morgan fingerprint density at radius 3 is 2.46 bits per heavy atom. The van der Waals surface area contributed by atoms with Gasteiger partial charge in [0.05, 0.1) is 5.60 Å². The zero-order valence-electron chi connectivity index (χ0n) is 8.03. The molecule has 0 radical (unpaired) electrons. The molecular weight excluding hydrogens is 160 g/mol. The van der Waals surface area contributed by atoms with Crippen molar-refractivity contribution >= 4 is 0 Å². The van der Waals surface area contributed by atoms with E-state index in [1.54, 1.807) is 0 Å². The van der Waals surface area contributed by atoms with Crippen molar-refractivity contribution in [3.63, 3.8) is 0 Å². The van der Waals surface area contributed by atoms with Crippen LogP contribution in [-0.4, -0.2) is 10.7 Å². The monoisotopic (exact) mass is 176 g/mol. The van der Waals surface area contributed by atoms with E-state index in [0.717, 1.165) is 19.3 Å². The topological polar surface area (TPSA) is 20.2 Å². The van der Waals surface area contributed by atoms with Crippen LogP contribution in [0.1, 0.15) is 37.7 Å². The highest BCUT2D eigenvalue weighted by molar-refractivity contribution is 5.20. The van der Waals surface area contributed by atoms with E-state index in [4.69, 9.17) is 0 Å². The van der Waals surface area contributed by atoms with E-state index in [0.29, 0.717) is 5.92 Å². The van der Waals surface area contributed by atoms with E-state index in [9.17, 15) is 5.11 Å². The summed E-state index contributed by atoms with van der Waals surface area (Å²) in [5.41, 5.74) is 1.01. The van der Waals surface area contributed by atoms with E-state index >= 15 is 0 Å². The summed E-state index contributed by atoms with van der Waals surface area (Å²) in [7, 11) is 0. The summed E-state index contributed by atoms with van der Waals surface area (Å²) < 4.78 is 0. The Balaban J connectivity index is 2.01. The van der Waals surface area contributed by atoms with E-state index in [-0.39, 0.29) is 5.60 Å². The molecule has 1 aromatic rings. The maximum Gasteiger partial charge on any atom is 0.0655 e. The molecule has 2 rings (SSSR count). The van der Waals surface area contributed by atoms with E-state index in [2.05, 4.69) is 31.2 Å². The first-order chi connectivity index (χ1) is 6.20. The first-order valence-corrected chi connectivity index (χ1v) is 4.97. The molecule has 1 fully saturated rings. The molecule has 0 heterocycles. The molecule has 0 aromatic heterocycles. The first-order valence-electron chi connectivity index (χ1n) is 4.97. The summed E-state index contributed by atoms with van der Waals surface area (Å²) in [5, 5.41) is 9.76. The standard InChI is InChI=1S/C12H16O/c1-10(9-12(13)7-8-12)11-5-3-2-4-6-11/h2-6,10,13H,7-9H2,1H3. The predicted octanol–water partition coefficient (Wildman–Crippen LogP) is 2.71. The molecule has 1 unspecified atom stereocenters. The van der Waals surface area contributed by atoms with Crippen LogP contribution in [0.2, 0.25) is 0 Å². The van der Waals surface area contributed by atoms with Gasteiger partial charge in [0.15, 0.2) is 0 Å². The normalized spacial score (nSPS) is 21.1. The van der Waals surface area contributed by atoms with Gasteiger partial charge in [-0.3, -0.25) is 0 Å². The highest BCUT2D eigenvalue weighted by atomic mass is 16.3. The summed E-state index contributed by atoms with van der Waals surface area (Å²) in [6.45, 7) is 2.19. The number of hydrogen-bond donors (Lipinski definition) is 1. The van der Waals surface area contributed by atoms with Gasteiger partial charge >= 0.3 is 0 Å². The van der Waals surface area contributed by atoms with Gasteiger partial charge in [-0.1, -0.05) is 37.3 Å². The molecule has 1 atom stereocenters. The summed E-state index contributed by atoms with van der Waals surface area (Å²) in [4.78, 5) is 0. The molecular formula is C12H16O. The first kappa shape index (κ1) is 8.76. The molecule has 0 spiro atoms. The molecule has 0 bridgehead atoms. The van der Waals surface area contributed by atoms with Crippen molar-refractivity contribution in [2.24, 2.45) is 0 Å². The van der Waals surface area contributed by atoms with Crippen molar-refractivity contribution in [2.75, 3.05) is 0 Å². The third-order valence-electron chi connectivity index (χ3n) is 2.88. The van der Waals surface area contributed by atoms with Gasteiger partial charge in [0.25, 0.3) is 0 Å². The molecule has 1 saturated carbocycles. The third kappa shape index (κ3) is 2.10.